The number of hydrogen-bond donors (Lipinski definition) is 2. The van der Waals surface area contributed by atoms with Crippen molar-refractivity contribution in [3.63, 3.8) is 0 Å². The van der Waals surface area contributed by atoms with Crippen molar-refractivity contribution in [2.75, 3.05) is 13.7 Å². The molecule has 0 radical (unpaired) electrons. The first kappa shape index (κ1) is 17.7. The Balaban J connectivity index is 1.83. The largest absolute Gasteiger partial charge is 0.416 e. The maximum atomic E-state index is 12.7. The zero-order chi connectivity index (χ0) is 17.6. The number of halogens is 3. The first-order chi connectivity index (χ1) is 11.2. The number of rotatable bonds is 4. The molecule has 2 fully saturated rings. The zero-order valence-corrected chi connectivity index (χ0v) is 14.0. The Kier molecular flexibility index (Phi) is 4.43. The number of benzene rings is 1. The smallest absolute Gasteiger partial charge is 0.385 e. The fourth-order valence-corrected chi connectivity index (χ4v) is 4.03. The average molecular weight is 343 g/mol. The standard InChI is InChI=1S/C18H24F3NO2/c1-12-9-17(23,10-15(22-12)16(7-8-16)11-24-2)13-3-5-14(6-4-13)18(19,20)21/h3-6,12,15,22-23H,7-11H2,1-2H3/t12-,15?,17?/m0/s1. The molecule has 1 aliphatic carbocycles. The van der Waals surface area contributed by atoms with E-state index in [2.05, 4.69) is 5.32 Å². The lowest BCUT2D eigenvalue weighted by Gasteiger charge is -2.44. The van der Waals surface area contributed by atoms with E-state index in [-0.39, 0.29) is 17.5 Å². The summed E-state index contributed by atoms with van der Waals surface area (Å²) >= 11 is 0. The molecule has 1 aliphatic heterocycles. The maximum Gasteiger partial charge on any atom is 0.416 e. The Morgan fingerprint density at radius 1 is 1.21 bits per heavy atom. The molecule has 1 saturated heterocycles. The Morgan fingerprint density at radius 3 is 2.33 bits per heavy atom. The van der Waals surface area contributed by atoms with Gasteiger partial charge in [-0.25, -0.2) is 0 Å². The van der Waals surface area contributed by atoms with Crippen LogP contribution in [0.3, 0.4) is 0 Å². The summed E-state index contributed by atoms with van der Waals surface area (Å²) in [5, 5.41) is 14.7. The molecule has 0 aromatic heterocycles. The van der Waals surface area contributed by atoms with Crippen LogP contribution in [-0.4, -0.2) is 30.9 Å². The van der Waals surface area contributed by atoms with Crippen LogP contribution in [0.5, 0.6) is 0 Å². The van der Waals surface area contributed by atoms with E-state index in [0.717, 1.165) is 25.0 Å². The highest BCUT2D eigenvalue weighted by molar-refractivity contribution is 5.30. The molecular weight excluding hydrogens is 319 g/mol. The number of ether oxygens (including phenoxy) is 1. The van der Waals surface area contributed by atoms with Gasteiger partial charge in [-0.2, -0.15) is 13.2 Å². The van der Waals surface area contributed by atoms with Gasteiger partial charge < -0.3 is 15.2 Å². The van der Waals surface area contributed by atoms with Crippen molar-refractivity contribution in [1.82, 2.24) is 5.32 Å². The van der Waals surface area contributed by atoms with Gasteiger partial charge in [-0.1, -0.05) is 12.1 Å². The van der Waals surface area contributed by atoms with Crippen LogP contribution in [0.4, 0.5) is 13.2 Å². The van der Waals surface area contributed by atoms with Gasteiger partial charge in [0.15, 0.2) is 0 Å². The van der Waals surface area contributed by atoms with Crippen molar-refractivity contribution in [1.29, 1.82) is 0 Å². The molecule has 1 heterocycles. The zero-order valence-electron chi connectivity index (χ0n) is 14.0. The average Bonchev–Trinajstić information content (AvgIpc) is 3.27. The van der Waals surface area contributed by atoms with Crippen LogP contribution in [0.25, 0.3) is 0 Å². The second-order valence-electron chi connectivity index (χ2n) is 7.43. The van der Waals surface area contributed by atoms with Crippen LogP contribution in [0.1, 0.15) is 43.7 Å². The summed E-state index contributed by atoms with van der Waals surface area (Å²) in [6.45, 7) is 2.64. The van der Waals surface area contributed by atoms with Crippen LogP contribution in [0.2, 0.25) is 0 Å². The maximum absolute atomic E-state index is 12.7. The summed E-state index contributed by atoms with van der Waals surface area (Å²) in [7, 11) is 1.67. The third kappa shape index (κ3) is 3.32. The normalized spacial score (nSPS) is 32.6. The molecule has 2 aliphatic rings. The van der Waals surface area contributed by atoms with Crippen molar-refractivity contribution >= 4 is 0 Å². The van der Waals surface area contributed by atoms with Crippen LogP contribution in [0, 0.1) is 5.41 Å². The van der Waals surface area contributed by atoms with Gasteiger partial charge in [0, 0.05) is 24.6 Å². The van der Waals surface area contributed by atoms with Gasteiger partial charge in [-0.3, -0.25) is 0 Å². The van der Waals surface area contributed by atoms with Gasteiger partial charge in [-0.15, -0.1) is 0 Å². The third-order valence-electron chi connectivity index (χ3n) is 5.48. The van der Waals surface area contributed by atoms with E-state index in [1.165, 1.54) is 12.1 Å². The fourth-order valence-electron chi connectivity index (χ4n) is 4.03. The molecule has 1 saturated carbocycles. The lowest BCUT2D eigenvalue weighted by molar-refractivity contribution is -0.137. The fraction of sp³-hybridized carbons (Fsp3) is 0.667. The summed E-state index contributed by atoms with van der Waals surface area (Å²) in [5.74, 6) is 0. The molecule has 1 aromatic rings. The summed E-state index contributed by atoms with van der Waals surface area (Å²) in [6, 6.07) is 5.12. The minimum atomic E-state index is -4.36. The summed E-state index contributed by atoms with van der Waals surface area (Å²) in [6.07, 6.45) is -1.28. The number of nitrogens with one attached hydrogen (secondary N) is 1. The highest BCUT2D eigenvalue weighted by Gasteiger charge is 2.54. The first-order valence-electron chi connectivity index (χ1n) is 8.34. The highest BCUT2D eigenvalue weighted by Crippen LogP contribution is 2.53. The van der Waals surface area contributed by atoms with E-state index in [1.54, 1.807) is 7.11 Å². The number of methoxy groups -OCH3 is 1. The van der Waals surface area contributed by atoms with Gasteiger partial charge >= 0.3 is 6.18 Å². The summed E-state index contributed by atoms with van der Waals surface area (Å²) in [5.41, 5.74) is -1.19. The van der Waals surface area contributed by atoms with Crippen LogP contribution in [-0.2, 0) is 16.5 Å². The molecule has 0 amide bonds. The predicted octanol–water partition coefficient (Wildman–Crippen LogP) is 3.46. The van der Waals surface area contributed by atoms with Crippen molar-refractivity contribution in [2.45, 2.75) is 56.5 Å². The molecule has 134 valence electrons. The molecule has 2 N–H and O–H groups in total. The molecule has 24 heavy (non-hydrogen) atoms. The predicted molar refractivity (Wildman–Crippen MR) is 84.5 cm³/mol. The molecule has 3 nitrogen and oxygen atoms in total. The van der Waals surface area contributed by atoms with E-state index < -0.39 is 17.3 Å². The Morgan fingerprint density at radius 2 is 1.83 bits per heavy atom. The van der Waals surface area contributed by atoms with E-state index in [4.69, 9.17) is 4.74 Å². The molecule has 6 heteroatoms. The topological polar surface area (TPSA) is 41.5 Å². The molecule has 2 unspecified atom stereocenters. The summed E-state index contributed by atoms with van der Waals surface area (Å²) in [4.78, 5) is 0. The van der Waals surface area contributed by atoms with Crippen LogP contribution < -0.4 is 5.32 Å². The van der Waals surface area contributed by atoms with Gasteiger partial charge in [0.1, 0.15) is 0 Å². The molecule has 3 rings (SSSR count). The van der Waals surface area contributed by atoms with Gasteiger partial charge in [0.05, 0.1) is 17.8 Å². The third-order valence-corrected chi connectivity index (χ3v) is 5.48. The van der Waals surface area contributed by atoms with Crippen molar-refractivity contribution in [2.24, 2.45) is 5.41 Å². The quantitative estimate of drug-likeness (QED) is 0.880. The molecule has 0 bridgehead atoms. The lowest BCUT2D eigenvalue weighted by Crippen LogP contribution is -2.55. The highest BCUT2D eigenvalue weighted by atomic mass is 19.4. The molecular formula is C18H24F3NO2. The minimum Gasteiger partial charge on any atom is -0.385 e. The molecule has 1 aromatic carbocycles. The molecule has 3 atom stereocenters. The second kappa shape index (κ2) is 6.00. The van der Waals surface area contributed by atoms with E-state index in [0.29, 0.717) is 25.0 Å². The van der Waals surface area contributed by atoms with Gasteiger partial charge in [0.25, 0.3) is 0 Å². The monoisotopic (exact) mass is 343 g/mol. The lowest BCUT2D eigenvalue weighted by atomic mass is 9.75. The number of aliphatic hydroxyl groups is 1. The van der Waals surface area contributed by atoms with Crippen molar-refractivity contribution in [3.05, 3.63) is 35.4 Å². The Bertz CT molecular complexity index is 583. The number of piperidine rings is 1. The SMILES string of the molecule is COCC1(C2CC(O)(c3ccc(C(F)(F)F)cc3)C[C@H](C)N2)CC1. The van der Waals surface area contributed by atoms with Gasteiger partial charge in [0.2, 0.25) is 0 Å². The van der Waals surface area contributed by atoms with E-state index >= 15 is 0 Å². The number of hydrogen-bond acceptors (Lipinski definition) is 3. The molecule has 0 spiro atoms. The number of alkyl halides is 3. The van der Waals surface area contributed by atoms with Crippen molar-refractivity contribution in [3.8, 4) is 0 Å². The van der Waals surface area contributed by atoms with Crippen molar-refractivity contribution < 1.29 is 23.0 Å². The minimum absolute atomic E-state index is 0.0450. The van der Waals surface area contributed by atoms with Crippen LogP contribution >= 0.6 is 0 Å². The Hall–Kier alpha value is -1.11. The van der Waals surface area contributed by atoms with Gasteiger partial charge in [-0.05, 0) is 50.3 Å². The van der Waals surface area contributed by atoms with E-state index in [9.17, 15) is 18.3 Å². The Labute approximate surface area is 140 Å². The summed E-state index contributed by atoms with van der Waals surface area (Å²) < 4.78 is 43.6. The first-order valence-corrected chi connectivity index (χ1v) is 8.34. The van der Waals surface area contributed by atoms with Crippen LogP contribution in [0.15, 0.2) is 24.3 Å². The second-order valence-corrected chi connectivity index (χ2v) is 7.43. The van der Waals surface area contributed by atoms with E-state index in [1.807, 2.05) is 6.92 Å².